The molecule has 0 aliphatic carbocycles. The minimum absolute atomic E-state index is 0.288. The predicted octanol–water partition coefficient (Wildman–Crippen LogP) is 2.04. The van der Waals surface area contributed by atoms with Gasteiger partial charge < -0.3 is 9.52 Å². The highest BCUT2D eigenvalue weighted by molar-refractivity contribution is 5.83. The van der Waals surface area contributed by atoms with Crippen molar-refractivity contribution in [3.8, 4) is 11.3 Å². The summed E-state index contributed by atoms with van der Waals surface area (Å²) in [6.45, 7) is 0. The van der Waals surface area contributed by atoms with Crippen LogP contribution in [0.5, 0.6) is 0 Å². The predicted molar refractivity (Wildman–Crippen MR) is 48.9 cm³/mol. The maximum atomic E-state index is 10.5. The Morgan fingerprint density at radius 2 is 2.00 bits per heavy atom. The average Bonchev–Trinajstić information content (AvgIpc) is 2.68. The van der Waals surface area contributed by atoms with Crippen molar-refractivity contribution < 1.29 is 14.3 Å². The summed E-state index contributed by atoms with van der Waals surface area (Å²) in [4.78, 5) is 14.3. The summed E-state index contributed by atoms with van der Waals surface area (Å²) < 4.78 is 4.77. The number of hydrogen-bond donors (Lipinski definition) is 1. The third-order valence-electron chi connectivity index (χ3n) is 1.76. The van der Waals surface area contributed by atoms with Gasteiger partial charge in [0.05, 0.1) is 0 Å². The Kier molecular flexibility index (Phi) is 2.02. The molecule has 70 valence electrons. The zero-order valence-electron chi connectivity index (χ0n) is 7.18. The number of carboxylic acid groups (broad SMARTS) is 1. The summed E-state index contributed by atoms with van der Waals surface area (Å²) in [6.07, 6.45) is 1.33. The fourth-order valence-electron chi connectivity index (χ4n) is 1.11. The van der Waals surface area contributed by atoms with Crippen molar-refractivity contribution in [2.24, 2.45) is 0 Å². The van der Waals surface area contributed by atoms with Crippen molar-refractivity contribution in [1.82, 2.24) is 4.98 Å². The van der Waals surface area contributed by atoms with Gasteiger partial charge in [-0.2, -0.15) is 0 Å². The molecule has 1 aromatic heterocycles. The van der Waals surface area contributed by atoms with Gasteiger partial charge in [0.25, 0.3) is 0 Å². The van der Waals surface area contributed by atoms with Crippen LogP contribution < -0.4 is 0 Å². The molecule has 0 saturated carbocycles. The second-order valence-corrected chi connectivity index (χ2v) is 2.71. The Balaban J connectivity index is 2.39. The molecule has 0 radical (unpaired) electrons. The molecule has 0 atom stereocenters. The first-order chi connectivity index (χ1) is 6.77. The van der Waals surface area contributed by atoms with Gasteiger partial charge in [-0.05, 0) is 0 Å². The Morgan fingerprint density at radius 3 is 2.57 bits per heavy atom. The number of oxazole rings is 1. The molecular weight excluding hydrogens is 182 g/mol. The Morgan fingerprint density at radius 1 is 1.29 bits per heavy atom. The van der Waals surface area contributed by atoms with Gasteiger partial charge in [-0.25, -0.2) is 9.78 Å². The monoisotopic (exact) mass is 189 g/mol. The standard InChI is InChI=1S/C10H7NO3/c12-10(13)9-11-8(6-14-9)7-4-2-1-3-5-7/h1-6H,(H,12,13). The van der Waals surface area contributed by atoms with Crippen LogP contribution in [0, 0.1) is 0 Å². The van der Waals surface area contributed by atoms with Gasteiger partial charge in [0.2, 0.25) is 0 Å². The van der Waals surface area contributed by atoms with Crippen LogP contribution in [-0.2, 0) is 0 Å². The van der Waals surface area contributed by atoms with E-state index in [1.165, 1.54) is 6.26 Å². The van der Waals surface area contributed by atoms with E-state index in [0.29, 0.717) is 5.69 Å². The Hall–Kier alpha value is -2.10. The SMILES string of the molecule is O=C(O)c1nc(-c2ccccc2)co1. The minimum atomic E-state index is -1.16. The minimum Gasteiger partial charge on any atom is -0.474 e. The fourth-order valence-corrected chi connectivity index (χ4v) is 1.11. The summed E-state index contributed by atoms with van der Waals surface area (Å²) >= 11 is 0. The first kappa shape index (κ1) is 8.50. The van der Waals surface area contributed by atoms with E-state index in [1.54, 1.807) is 0 Å². The lowest BCUT2D eigenvalue weighted by molar-refractivity contribution is 0.0653. The second-order valence-electron chi connectivity index (χ2n) is 2.71. The lowest BCUT2D eigenvalue weighted by Crippen LogP contribution is -1.95. The fraction of sp³-hybridized carbons (Fsp3) is 0. The Labute approximate surface area is 79.8 Å². The van der Waals surface area contributed by atoms with E-state index < -0.39 is 5.97 Å². The number of carboxylic acids is 1. The van der Waals surface area contributed by atoms with Gasteiger partial charge in [0, 0.05) is 5.56 Å². The van der Waals surface area contributed by atoms with Crippen LogP contribution in [0.1, 0.15) is 10.7 Å². The molecule has 2 rings (SSSR count). The second kappa shape index (κ2) is 3.33. The van der Waals surface area contributed by atoms with Crippen molar-refractivity contribution in [3.05, 3.63) is 42.5 Å². The zero-order valence-corrected chi connectivity index (χ0v) is 7.18. The number of rotatable bonds is 2. The molecule has 0 amide bonds. The maximum Gasteiger partial charge on any atom is 0.392 e. The number of aromatic carboxylic acids is 1. The molecule has 1 heterocycles. The number of aromatic nitrogens is 1. The first-order valence-corrected chi connectivity index (χ1v) is 4.01. The quantitative estimate of drug-likeness (QED) is 0.785. The van der Waals surface area contributed by atoms with Crippen molar-refractivity contribution in [2.45, 2.75) is 0 Å². The lowest BCUT2D eigenvalue weighted by Gasteiger charge is -1.91. The third kappa shape index (κ3) is 1.50. The molecule has 2 aromatic rings. The van der Waals surface area contributed by atoms with Crippen LogP contribution in [0.25, 0.3) is 11.3 Å². The highest BCUT2D eigenvalue weighted by Gasteiger charge is 2.11. The van der Waals surface area contributed by atoms with Gasteiger partial charge in [0.15, 0.2) is 0 Å². The molecule has 1 N–H and O–H groups in total. The van der Waals surface area contributed by atoms with E-state index in [-0.39, 0.29) is 5.89 Å². The highest BCUT2D eigenvalue weighted by atomic mass is 16.4. The van der Waals surface area contributed by atoms with Gasteiger partial charge in [0.1, 0.15) is 12.0 Å². The molecular formula is C10H7NO3. The molecule has 0 aliphatic heterocycles. The number of nitrogens with zero attached hydrogens (tertiary/aromatic N) is 1. The highest BCUT2D eigenvalue weighted by Crippen LogP contribution is 2.17. The summed E-state index contributed by atoms with van der Waals surface area (Å²) in [5, 5.41) is 8.59. The smallest absolute Gasteiger partial charge is 0.392 e. The van der Waals surface area contributed by atoms with Crippen LogP contribution in [-0.4, -0.2) is 16.1 Å². The molecule has 0 spiro atoms. The third-order valence-corrected chi connectivity index (χ3v) is 1.76. The van der Waals surface area contributed by atoms with Gasteiger partial charge >= 0.3 is 11.9 Å². The van der Waals surface area contributed by atoms with Crippen molar-refractivity contribution in [1.29, 1.82) is 0 Å². The summed E-state index contributed by atoms with van der Waals surface area (Å²) in [5.74, 6) is -1.45. The van der Waals surface area contributed by atoms with E-state index in [9.17, 15) is 4.79 Å². The topological polar surface area (TPSA) is 63.3 Å². The molecule has 0 saturated heterocycles. The van der Waals surface area contributed by atoms with Gasteiger partial charge in [-0.15, -0.1) is 0 Å². The lowest BCUT2D eigenvalue weighted by atomic mass is 10.2. The molecule has 0 unspecified atom stereocenters. The van der Waals surface area contributed by atoms with Crippen LogP contribution in [0.3, 0.4) is 0 Å². The van der Waals surface area contributed by atoms with E-state index in [0.717, 1.165) is 5.56 Å². The largest absolute Gasteiger partial charge is 0.474 e. The summed E-state index contributed by atoms with van der Waals surface area (Å²) in [5.41, 5.74) is 1.37. The zero-order chi connectivity index (χ0) is 9.97. The molecule has 4 heteroatoms. The number of carbonyl (C=O) groups is 1. The van der Waals surface area contributed by atoms with E-state index in [1.807, 2.05) is 30.3 Å². The van der Waals surface area contributed by atoms with Crippen LogP contribution in [0.4, 0.5) is 0 Å². The van der Waals surface area contributed by atoms with Crippen molar-refractivity contribution in [2.75, 3.05) is 0 Å². The molecule has 4 nitrogen and oxygen atoms in total. The molecule has 14 heavy (non-hydrogen) atoms. The van der Waals surface area contributed by atoms with Crippen LogP contribution in [0.15, 0.2) is 41.0 Å². The normalized spacial score (nSPS) is 10.0. The van der Waals surface area contributed by atoms with E-state index in [4.69, 9.17) is 9.52 Å². The number of benzene rings is 1. The van der Waals surface area contributed by atoms with Gasteiger partial charge in [-0.3, -0.25) is 0 Å². The van der Waals surface area contributed by atoms with E-state index >= 15 is 0 Å². The average molecular weight is 189 g/mol. The van der Waals surface area contributed by atoms with Crippen LogP contribution >= 0.6 is 0 Å². The van der Waals surface area contributed by atoms with Crippen molar-refractivity contribution in [3.63, 3.8) is 0 Å². The summed E-state index contributed by atoms with van der Waals surface area (Å²) in [7, 11) is 0. The molecule has 0 fully saturated rings. The number of hydrogen-bond acceptors (Lipinski definition) is 3. The first-order valence-electron chi connectivity index (χ1n) is 4.01. The maximum absolute atomic E-state index is 10.5. The Bertz CT molecular complexity index is 447. The van der Waals surface area contributed by atoms with E-state index in [2.05, 4.69) is 4.98 Å². The molecule has 0 bridgehead atoms. The molecule has 0 aliphatic rings. The summed E-state index contributed by atoms with van der Waals surface area (Å²) in [6, 6.07) is 9.25. The molecule has 1 aromatic carbocycles. The van der Waals surface area contributed by atoms with Gasteiger partial charge in [-0.1, -0.05) is 30.3 Å². The van der Waals surface area contributed by atoms with Crippen molar-refractivity contribution >= 4 is 5.97 Å². The van der Waals surface area contributed by atoms with Crippen LogP contribution in [0.2, 0.25) is 0 Å².